The smallest absolute Gasteiger partial charge is 0.165 e. The van der Waals surface area contributed by atoms with Crippen LogP contribution in [0.2, 0.25) is 5.02 Å². The van der Waals surface area contributed by atoms with Crippen molar-refractivity contribution in [3.05, 3.63) is 22.2 Å². The molecule has 0 aromatic heterocycles. The highest BCUT2D eigenvalue weighted by Gasteiger charge is 2.41. The van der Waals surface area contributed by atoms with Gasteiger partial charge >= 0.3 is 0 Å². The number of halogens is 1. The quantitative estimate of drug-likeness (QED) is 0.900. The van der Waals surface area contributed by atoms with Crippen LogP contribution in [0.1, 0.15) is 24.0 Å². The van der Waals surface area contributed by atoms with Crippen LogP contribution in [-0.4, -0.2) is 24.9 Å². The van der Waals surface area contributed by atoms with Crippen molar-refractivity contribution in [3.63, 3.8) is 0 Å². The Bertz CT molecular complexity index is 439. The standard InChI is InChI=1S/C13H17ClO3/c1-8-6-10(16-2)12(17-3)9(11(8)14)7-13(15)4-5-13/h6,15H,4-5,7H2,1-3H3. The average Bonchev–Trinajstić information content (AvgIpc) is 3.02. The van der Waals surface area contributed by atoms with Gasteiger partial charge < -0.3 is 14.6 Å². The third-order valence-corrected chi connectivity index (χ3v) is 3.74. The molecular formula is C13H17ClO3. The maximum Gasteiger partial charge on any atom is 0.165 e. The van der Waals surface area contributed by atoms with Gasteiger partial charge in [-0.1, -0.05) is 11.6 Å². The number of benzene rings is 1. The fourth-order valence-corrected chi connectivity index (χ4v) is 2.20. The van der Waals surface area contributed by atoms with Crippen molar-refractivity contribution in [2.45, 2.75) is 31.8 Å². The summed E-state index contributed by atoms with van der Waals surface area (Å²) in [4.78, 5) is 0. The van der Waals surface area contributed by atoms with Crippen molar-refractivity contribution in [2.75, 3.05) is 14.2 Å². The first kappa shape index (κ1) is 12.5. The fraction of sp³-hybridized carbons (Fsp3) is 0.538. The molecule has 0 radical (unpaired) electrons. The van der Waals surface area contributed by atoms with E-state index in [-0.39, 0.29) is 0 Å². The molecule has 1 saturated carbocycles. The third-order valence-electron chi connectivity index (χ3n) is 3.21. The summed E-state index contributed by atoms with van der Waals surface area (Å²) in [5.41, 5.74) is 1.17. The lowest BCUT2D eigenvalue weighted by Crippen LogP contribution is -2.13. The molecule has 0 bridgehead atoms. The number of aryl methyl sites for hydroxylation is 1. The van der Waals surface area contributed by atoms with Gasteiger partial charge in [0.15, 0.2) is 11.5 Å². The number of ether oxygens (including phenoxy) is 2. The van der Waals surface area contributed by atoms with Crippen LogP contribution in [0.15, 0.2) is 6.07 Å². The van der Waals surface area contributed by atoms with Gasteiger partial charge in [0, 0.05) is 12.0 Å². The van der Waals surface area contributed by atoms with Gasteiger partial charge in [0.1, 0.15) is 0 Å². The maximum atomic E-state index is 10.0. The van der Waals surface area contributed by atoms with Gasteiger partial charge in [-0.25, -0.2) is 0 Å². The molecule has 1 aliphatic rings. The third kappa shape index (κ3) is 2.35. The molecule has 1 aliphatic carbocycles. The highest BCUT2D eigenvalue weighted by molar-refractivity contribution is 6.32. The zero-order valence-electron chi connectivity index (χ0n) is 10.3. The normalized spacial score (nSPS) is 16.8. The van der Waals surface area contributed by atoms with Crippen LogP contribution in [0.4, 0.5) is 0 Å². The highest BCUT2D eigenvalue weighted by atomic mass is 35.5. The minimum atomic E-state index is -0.601. The minimum absolute atomic E-state index is 0.521. The summed E-state index contributed by atoms with van der Waals surface area (Å²) in [6.45, 7) is 1.92. The average molecular weight is 257 g/mol. The second-order valence-corrected chi connectivity index (χ2v) is 5.00. The van der Waals surface area contributed by atoms with Gasteiger partial charge in [-0.2, -0.15) is 0 Å². The summed E-state index contributed by atoms with van der Waals surface area (Å²) in [6, 6.07) is 1.85. The van der Waals surface area contributed by atoms with E-state index in [1.807, 2.05) is 13.0 Å². The first-order valence-electron chi connectivity index (χ1n) is 5.63. The molecule has 94 valence electrons. The number of methoxy groups -OCH3 is 2. The van der Waals surface area contributed by atoms with Crippen molar-refractivity contribution < 1.29 is 14.6 Å². The molecule has 17 heavy (non-hydrogen) atoms. The van der Waals surface area contributed by atoms with Crippen molar-refractivity contribution in [3.8, 4) is 11.5 Å². The molecule has 1 N–H and O–H groups in total. The summed E-state index contributed by atoms with van der Waals surface area (Å²) < 4.78 is 10.6. The van der Waals surface area contributed by atoms with Crippen molar-refractivity contribution >= 4 is 11.6 Å². The van der Waals surface area contributed by atoms with Gasteiger partial charge in [0.25, 0.3) is 0 Å². The topological polar surface area (TPSA) is 38.7 Å². The van der Waals surface area contributed by atoms with Gasteiger partial charge in [-0.05, 0) is 31.4 Å². The number of rotatable bonds is 4. The lowest BCUT2D eigenvalue weighted by molar-refractivity contribution is 0.149. The van der Waals surface area contributed by atoms with E-state index in [9.17, 15) is 5.11 Å². The second kappa shape index (κ2) is 4.39. The summed E-state index contributed by atoms with van der Waals surface area (Å²) >= 11 is 6.29. The van der Waals surface area contributed by atoms with E-state index >= 15 is 0 Å². The summed E-state index contributed by atoms with van der Waals surface area (Å²) in [7, 11) is 3.19. The van der Waals surface area contributed by atoms with Crippen LogP contribution >= 0.6 is 11.6 Å². The molecule has 1 fully saturated rings. The van der Waals surface area contributed by atoms with E-state index in [4.69, 9.17) is 21.1 Å². The molecule has 0 spiro atoms. The van der Waals surface area contributed by atoms with Gasteiger partial charge in [0.2, 0.25) is 0 Å². The summed E-state index contributed by atoms with van der Waals surface area (Å²) in [6.07, 6.45) is 2.17. The Labute approximate surface area is 106 Å². The number of aliphatic hydroxyl groups is 1. The lowest BCUT2D eigenvalue weighted by atomic mass is 10.0. The van der Waals surface area contributed by atoms with E-state index in [1.165, 1.54) is 0 Å². The Morgan fingerprint density at radius 1 is 1.35 bits per heavy atom. The van der Waals surface area contributed by atoms with E-state index in [1.54, 1.807) is 14.2 Å². The summed E-state index contributed by atoms with van der Waals surface area (Å²) in [5.74, 6) is 1.29. The maximum absolute atomic E-state index is 10.0. The Morgan fingerprint density at radius 2 is 2.00 bits per heavy atom. The fourth-order valence-electron chi connectivity index (χ4n) is 2.00. The van der Waals surface area contributed by atoms with Crippen LogP contribution in [0, 0.1) is 6.92 Å². The van der Waals surface area contributed by atoms with Crippen LogP contribution in [0.3, 0.4) is 0 Å². The molecule has 0 atom stereocenters. The molecule has 0 saturated heterocycles. The molecular weight excluding hydrogens is 240 g/mol. The lowest BCUT2D eigenvalue weighted by Gasteiger charge is -2.18. The summed E-state index contributed by atoms with van der Waals surface area (Å²) in [5, 5.41) is 10.7. The van der Waals surface area contributed by atoms with Gasteiger partial charge in [-0.3, -0.25) is 0 Å². The van der Waals surface area contributed by atoms with Crippen molar-refractivity contribution in [1.29, 1.82) is 0 Å². The first-order valence-corrected chi connectivity index (χ1v) is 6.01. The predicted molar refractivity (Wildman–Crippen MR) is 67.2 cm³/mol. The van der Waals surface area contributed by atoms with Crippen LogP contribution in [0.5, 0.6) is 11.5 Å². The van der Waals surface area contributed by atoms with E-state index in [0.717, 1.165) is 24.0 Å². The molecule has 1 aromatic rings. The van der Waals surface area contributed by atoms with Gasteiger partial charge in [-0.15, -0.1) is 0 Å². The Hall–Kier alpha value is -0.930. The number of hydrogen-bond acceptors (Lipinski definition) is 3. The minimum Gasteiger partial charge on any atom is -0.493 e. The predicted octanol–water partition coefficient (Wildman–Crippen LogP) is 2.73. The van der Waals surface area contributed by atoms with Gasteiger partial charge in [0.05, 0.1) is 24.8 Å². The van der Waals surface area contributed by atoms with Crippen LogP contribution in [0.25, 0.3) is 0 Å². The molecule has 3 nitrogen and oxygen atoms in total. The first-order chi connectivity index (χ1) is 8.00. The molecule has 1 aromatic carbocycles. The molecule has 0 aliphatic heterocycles. The number of hydrogen-bond donors (Lipinski definition) is 1. The van der Waals surface area contributed by atoms with E-state index in [2.05, 4.69) is 0 Å². The molecule has 0 heterocycles. The Balaban J connectivity index is 2.48. The monoisotopic (exact) mass is 256 g/mol. The SMILES string of the molecule is COc1cc(C)c(Cl)c(CC2(O)CC2)c1OC. The molecule has 2 rings (SSSR count). The van der Waals surface area contributed by atoms with E-state index in [0.29, 0.717) is 22.9 Å². The zero-order chi connectivity index (χ0) is 12.6. The second-order valence-electron chi connectivity index (χ2n) is 4.62. The molecule has 0 amide bonds. The van der Waals surface area contributed by atoms with E-state index < -0.39 is 5.60 Å². The molecule has 4 heteroatoms. The zero-order valence-corrected chi connectivity index (χ0v) is 11.1. The van der Waals surface area contributed by atoms with Crippen molar-refractivity contribution in [2.24, 2.45) is 0 Å². The largest absolute Gasteiger partial charge is 0.493 e. The van der Waals surface area contributed by atoms with Crippen LogP contribution in [-0.2, 0) is 6.42 Å². The van der Waals surface area contributed by atoms with Crippen molar-refractivity contribution in [1.82, 2.24) is 0 Å². The Kier molecular flexibility index (Phi) is 3.23. The highest BCUT2D eigenvalue weighted by Crippen LogP contribution is 2.45. The molecule has 0 unspecified atom stereocenters. The Morgan fingerprint density at radius 3 is 2.47 bits per heavy atom. The van der Waals surface area contributed by atoms with Crippen LogP contribution < -0.4 is 9.47 Å².